The maximum absolute atomic E-state index is 12.7. The molecule has 0 N–H and O–H groups in total. The zero-order valence-corrected chi connectivity index (χ0v) is 41.9. The van der Waals surface area contributed by atoms with E-state index >= 15 is 0 Å². The van der Waals surface area contributed by atoms with E-state index in [-0.39, 0.29) is 31.1 Å². The van der Waals surface area contributed by atoms with Crippen LogP contribution in [0.2, 0.25) is 0 Å². The van der Waals surface area contributed by atoms with Crippen LogP contribution in [0, 0.1) is 0 Å². The fourth-order valence-electron chi connectivity index (χ4n) is 8.33. The second kappa shape index (κ2) is 51.8. The Morgan fingerprint density at radius 3 is 0.871 bits per heavy atom. The first-order valence-corrected chi connectivity index (χ1v) is 27.7. The minimum Gasteiger partial charge on any atom is -0.462 e. The van der Waals surface area contributed by atoms with E-state index in [0.717, 1.165) is 70.6 Å². The Morgan fingerprint density at radius 2 is 0.565 bits per heavy atom. The van der Waals surface area contributed by atoms with Crippen molar-refractivity contribution < 1.29 is 28.6 Å². The molecule has 62 heavy (non-hydrogen) atoms. The molecule has 0 heterocycles. The van der Waals surface area contributed by atoms with Crippen molar-refractivity contribution in [2.45, 2.75) is 316 Å². The molecule has 0 fully saturated rings. The van der Waals surface area contributed by atoms with Crippen LogP contribution < -0.4 is 0 Å². The zero-order valence-electron chi connectivity index (χ0n) is 41.9. The molecular weight excluding hydrogens is 769 g/mol. The van der Waals surface area contributed by atoms with Gasteiger partial charge in [0.15, 0.2) is 6.10 Å². The van der Waals surface area contributed by atoms with Gasteiger partial charge in [-0.25, -0.2) is 0 Å². The van der Waals surface area contributed by atoms with Gasteiger partial charge in [-0.05, 0) is 38.5 Å². The first kappa shape index (κ1) is 60.2. The number of allylic oxidation sites excluding steroid dienone is 2. The summed E-state index contributed by atoms with van der Waals surface area (Å²) in [5.74, 6) is -0.869. The Kier molecular flexibility index (Phi) is 50.2. The molecule has 0 aliphatic rings. The number of hydrogen-bond donors (Lipinski definition) is 0. The molecule has 6 heteroatoms. The van der Waals surface area contributed by atoms with Crippen LogP contribution in [0.15, 0.2) is 12.2 Å². The lowest BCUT2D eigenvalue weighted by atomic mass is 10.0. The van der Waals surface area contributed by atoms with Gasteiger partial charge < -0.3 is 14.2 Å². The van der Waals surface area contributed by atoms with Gasteiger partial charge in [0.2, 0.25) is 0 Å². The van der Waals surface area contributed by atoms with Crippen molar-refractivity contribution in [2.75, 3.05) is 13.2 Å². The predicted octanol–water partition coefficient (Wildman–Crippen LogP) is 18.2. The van der Waals surface area contributed by atoms with Crippen LogP contribution in [0.1, 0.15) is 310 Å². The van der Waals surface area contributed by atoms with Gasteiger partial charge in [0.25, 0.3) is 0 Å². The van der Waals surface area contributed by atoms with E-state index in [1.807, 2.05) is 0 Å². The molecular formula is C56H106O6. The van der Waals surface area contributed by atoms with Gasteiger partial charge in [0.05, 0.1) is 0 Å². The lowest BCUT2D eigenvalue weighted by Crippen LogP contribution is -2.30. The van der Waals surface area contributed by atoms with Crippen LogP contribution in [0.5, 0.6) is 0 Å². The second-order valence-corrected chi connectivity index (χ2v) is 18.9. The monoisotopic (exact) mass is 875 g/mol. The molecule has 0 spiro atoms. The Balaban J connectivity index is 4.01. The third-order valence-electron chi connectivity index (χ3n) is 12.5. The van der Waals surface area contributed by atoms with E-state index in [9.17, 15) is 14.4 Å². The first-order chi connectivity index (χ1) is 30.5. The number of ether oxygens (including phenoxy) is 3. The fraction of sp³-hybridized carbons (Fsp3) is 0.911. The van der Waals surface area contributed by atoms with Crippen LogP contribution in [0.4, 0.5) is 0 Å². The first-order valence-electron chi connectivity index (χ1n) is 27.7. The van der Waals surface area contributed by atoms with Crippen molar-refractivity contribution in [3.05, 3.63) is 12.2 Å². The molecule has 0 bridgehead atoms. The summed E-state index contributed by atoms with van der Waals surface area (Å²) in [6.45, 7) is 6.58. The Morgan fingerprint density at radius 1 is 0.306 bits per heavy atom. The molecule has 6 nitrogen and oxygen atoms in total. The highest BCUT2D eigenvalue weighted by molar-refractivity contribution is 5.71. The number of unbranched alkanes of at least 4 members (excludes halogenated alkanes) is 38. The Bertz CT molecular complexity index is 962. The Hall–Kier alpha value is -1.85. The SMILES string of the molecule is CCC/C=C\CCCCCCCC(=O)OC(COC(=O)CCCCCCCCCC)COC(=O)CCCCCCCCCCCCCCCCCCCCCCCCCCCC. The maximum atomic E-state index is 12.7. The van der Waals surface area contributed by atoms with Crippen molar-refractivity contribution in [3.63, 3.8) is 0 Å². The normalized spacial score (nSPS) is 12.0. The van der Waals surface area contributed by atoms with Crippen LogP contribution in [-0.2, 0) is 28.6 Å². The lowest BCUT2D eigenvalue weighted by molar-refractivity contribution is -0.167. The summed E-state index contributed by atoms with van der Waals surface area (Å²) in [6.07, 6.45) is 58.1. The smallest absolute Gasteiger partial charge is 0.306 e. The molecule has 0 saturated carbocycles. The number of carbonyl (C=O) groups is 3. The van der Waals surface area contributed by atoms with E-state index < -0.39 is 6.10 Å². The molecule has 0 radical (unpaired) electrons. The molecule has 1 unspecified atom stereocenters. The third kappa shape index (κ3) is 49.2. The summed E-state index contributed by atoms with van der Waals surface area (Å²) >= 11 is 0. The van der Waals surface area contributed by atoms with Gasteiger partial charge in [-0.2, -0.15) is 0 Å². The number of carbonyl (C=O) groups excluding carboxylic acids is 3. The van der Waals surface area contributed by atoms with Crippen molar-refractivity contribution in [1.82, 2.24) is 0 Å². The highest BCUT2D eigenvalue weighted by Gasteiger charge is 2.19. The van der Waals surface area contributed by atoms with Crippen LogP contribution in [0.25, 0.3) is 0 Å². The molecule has 0 aromatic rings. The molecule has 0 aliphatic heterocycles. The number of esters is 3. The summed E-state index contributed by atoms with van der Waals surface area (Å²) in [5.41, 5.74) is 0. The number of rotatable bonds is 51. The minimum atomic E-state index is -0.766. The lowest BCUT2D eigenvalue weighted by Gasteiger charge is -2.18. The second-order valence-electron chi connectivity index (χ2n) is 18.9. The van der Waals surface area contributed by atoms with E-state index in [4.69, 9.17) is 14.2 Å². The molecule has 0 aliphatic carbocycles. The van der Waals surface area contributed by atoms with Crippen molar-refractivity contribution in [3.8, 4) is 0 Å². The molecule has 0 rings (SSSR count). The minimum absolute atomic E-state index is 0.0688. The predicted molar refractivity (Wildman–Crippen MR) is 266 cm³/mol. The molecule has 0 amide bonds. The van der Waals surface area contributed by atoms with Gasteiger partial charge in [-0.1, -0.05) is 264 Å². The molecule has 0 saturated heterocycles. The quantitative estimate of drug-likeness (QED) is 0.0262. The summed E-state index contributed by atoms with van der Waals surface area (Å²) < 4.78 is 16.7. The molecule has 366 valence electrons. The Labute approximate surface area is 386 Å². The maximum Gasteiger partial charge on any atom is 0.306 e. The van der Waals surface area contributed by atoms with E-state index in [1.165, 1.54) is 199 Å². The highest BCUT2D eigenvalue weighted by atomic mass is 16.6. The van der Waals surface area contributed by atoms with Crippen LogP contribution in [0.3, 0.4) is 0 Å². The fourth-order valence-corrected chi connectivity index (χ4v) is 8.33. The molecule has 0 aromatic carbocycles. The average molecular weight is 875 g/mol. The molecule has 1 atom stereocenters. The van der Waals surface area contributed by atoms with Gasteiger partial charge >= 0.3 is 17.9 Å². The van der Waals surface area contributed by atoms with Crippen molar-refractivity contribution in [1.29, 1.82) is 0 Å². The summed E-state index contributed by atoms with van der Waals surface area (Å²) in [6, 6.07) is 0. The topological polar surface area (TPSA) is 78.9 Å². The van der Waals surface area contributed by atoms with Gasteiger partial charge in [0.1, 0.15) is 13.2 Å². The summed E-state index contributed by atoms with van der Waals surface area (Å²) in [5, 5.41) is 0. The molecule has 0 aromatic heterocycles. The zero-order chi connectivity index (χ0) is 45.1. The van der Waals surface area contributed by atoms with Crippen LogP contribution >= 0.6 is 0 Å². The van der Waals surface area contributed by atoms with Crippen molar-refractivity contribution >= 4 is 17.9 Å². The van der Waals surface area contributed by atoms with E-state index in [2.05, 4.69) is 32.9 Å². The largest absolute Gasteiger partial charge is 0.462 e. The number of hydrogen-bond acceptors (Lipinski definition) is 6. The third-order valence-corrected chi connectivity index (χ3v) is 12.5. The standard InChI is InChI=1S/C56H106O6/c1-4-7-10-13-16-19-21-22-23-24-25-26-27-28-29-30-31-32-33-34-35-36-38-40-43-46-49-55(58)61-52-53(51-60-54(57)48-45-42-39-18-15-12-9-6-3)62-56(59)50-47-44-41-37-20-17-14-11-8-5-2/h11,14,53H,4-10,12-13,15-52H2,1-3H3/b14-11-. The summed E-state index contributed by atoms with van der Waals surface area (Å²) in [4.78, 5) is 37.8. The van der Waals surface area contributed by atoms with Gasteiger partial charge in [0, 0.05) is 19.3 Å². The van der Waals surface area contributed by atoms with E-state index in [0.29, 0.717) is 19.3 Å². The van der Waals surface area contributed by atoms with Crippen LogP contribution in [-0.4, -0.2) is 37.2 Å². The summed E-state index contributed by atoms with van der Waals surface area (Å²) in [7, 11) is 0. The van der Waals surface area contributed by atoms with Gasteiger partial charge in [-0.15, -0.1) is 0 Å². The highest BCUT2D eigenvalue weighted by Crippen LogP contribution is 2.17. The van der Waals surface area contributed by atoms with Crippen molar-refractivity contribution in [2.24, 2.45) is 0 Å². The van der Waals surface area contributed by atoms with Gasteiger partial charge in [-0.3, -0.25) is 14.4 Å². The van der Waals surface area contributed by atoms with E-state index in [1.54, 1.807) is 0 Å². The average Bonchev–Trinajstić information content (AvgIpc) is 3.27.